The molecular formula is C8H10N. The van der Waals surface area contributed by atoms with Crippen LogP contribution >= 0.6 is 0 Å². The van der Waals surface area contributed by atoms with Gasteiger partial charge in [-0.25, -0.2) is 0 Å². The highest BCUT2D eigenvalue weighted by atomic mass is 14.6. The first-order valence-corrected chi connectivity index (χ1v) is 3.03. The minimum absolute atomic E-state index is 0.369. The van der Waals surface area contributed by atoms with E-state index in [1.165, 1.54) is 5.56 Å². The maximum absolute atomic E-state index is 3.90. The van der Waals surface area contributed by atoms with Crippen molar-refractivity contribution in [2.75, 3.05) is 0 Å². The third kappa shape index (κ3) is 1.53. The quantitative estimate of drug-likeness (QED) is 0.552. The van der Waals surface area contributed by atoms with Crippen LogP contribution in [0.25, 0.3) is 0 Å². The van der Waals surface area contributed by atoms with Gasteiger partial charge in [-0.3, -0.25) is 4.98 Å². The third-order valence-corrected chi connectivity index (χ3v) is 1.28. The number of pyridine rings is 1. The molecule has 0 bridgehead atoms. The Morgan fingerprint density at radius 3 is 2.33 bits per heavy atom. The van der Waals surface area contributed by atoms with Crippen LogP contribution in [-0.2, 0) is 0 Å². The second-order valence-electron chi connectivity index (χ2n) is 2.18. The zero-order chi connectivity index (χ0) is 6.69. The van der Waals surface area contributed by atoms with E-state index in [9.17, 15) is 0 Å². The van der Waals surface area contributed by atoms with Crippen molar-refractivity contribution >= 4 is 0 Å². The topological polar surface area (TPSA) is 12.9 Å². The van der Waals surface area contributed by atoms with Gasteiger partial charge in [0.2, 0.25) is 0 Å². The Kier molecular flexibility index (Phi) is 1.83. The van der Waals surface area contributed by atoms with Gasteiger partial charge in [0, 0.05) is 12.4 Å². The Hall–Kier alpha value is -0.850. The van der Waals surface area contributed by atoms with Crippen molar-refractivity contribution in [2.24, 2.45) is 0 Å². The Bertz CT molecular complexity index is 167. The molecule has 1 aromatic rings. The first-order valence-electron chi connectivity index (χ1n) is 3.03. The monoisotopic (exact) mass is 120 g/mol. The average molecular weight is 120 g/mol. The van der Waals surface area contributed by atoms with E-state index < -0.39 is 0 Å². The summed E-state index contributed by atoms with van der Waals surface area (Å²) in [5.41, 5.74) is 1.24. The summed E-state index contributed by atoms with van der Waals surface area (Å²) in [5.74, 6) is 0.369. The molecule has 1 heteroatoms. The number of hydrogen-bond acceptors (Lipinski definition) is 1. The molecule has 0 saturated carbocycles. The zero-order valence-corrected chi connectivity index (χ0v) is 5.54. The van der Waals surface area contributed by atoms with Gasteiger partial charge < -0.3 is 0 Å². The molecule has 1 atom stereocenters. The van der Waals surface area contributed by atoms with Gasteiger partial charge in [-0.2, -0.15) is 0 Å². The lowest BCUT2D eigenvalue weighted by atomic mass is 10.1. The molecule has 9 heavy (non-hydrogen) atoms. The molecule has 0 saturated heterocycles. The highest BCUT2D eigenvalue weighted by Gasteiger charge is 1.94. The molecule has 1 aromatic heterocycles. The van der Waals surface area contributed by atoms with Crippen LogP contribution in [0.15, 0.2) is 24.5 Å². The van der Waals surface area contributed by atoms with Gasteiger partial charge in [0.25, 0.3) is 0 Å². The molecule has 0 aliphatic rings. The summed E-state index contributed by atoms with van der Waals surface area (Å²) in [7, 11) is 0. The van der Waals surface area contributed by atoms with Crippen molar-refractivity contribution in [3.63, 3.8) is 0 Å². The predicted octanol–water partition coefficient (Wildman–Crippen LogP) is 2.02. The van der Waals surface area contributed by atoms with Crippen LogP contribution in [0, 0.1) is 6.92 Å². The molecule has 1 heterocycles. The first-order chi connectivity index (χ1) is 4.30. The minimum atomic E-state index is 0.369. The molecule has 1 rings (SSSR count). The molecule has 1 unspecified atom stereocenters. The normalized spacial score (nSPS) is 10.1. The summed E-state index contributed by atoms with van der Waals surface area (Å²) >= 11 is 0. The number of nitrogens with zero attached hydrogens (tertiary/aromatic N) is 1. The van der Waals surface area contributed by atoms with E-state index in [0.717, 1.165) is 0 Å². The molecule has 0 aromatic carbocycles. The molecular weight excluding hydrogens is 110 g/mol. The van der Waals surface area contributed by atoms with E-state index in [2.05, 4.69) is 18.8 Å². The Balaban J connectivity index is 2.85. The van der Waals surface area contributed by atoms with Gasteiger partial charge >= 0.3 is 0 Å². The van der Waals surface area contributed by atoms with Crippen LogP contribution in [0.5, 0.6) is 0 Å². The van der Waals surface area contributed by atoms with Gasteiger partial charge in [-0.1, -0.05) is 6.92 Å². The summed E-state index contributed by atoms with van der Waals surface area (Å²) in [6.07, 6.45) is 3.58. The van der Waals surface area contributed by atoms with E-state index in [-0.39, 0.29) is 0 Å². The third-order valence-electron chi connectivity index (χ3n) is 1.28. The van der Waals surface area contributed by atoms with Crippen LogP contribution < -0.4 is 0 Å². The highest BCUT2D eigenvalue weighted by Crippen LogP contribution is 2.10. The van der Waals surface area contributed by atoms with Crippen LogP contribution in [0.2, 0.25) is 0 Å². The summed E-state index contributed by atoms with van der Waals surface area (Å²) in [4.78, 5) is 3.90. The first kappa shape index (κ1) is 6.27. The fourth-order valence-corrected chi connectivity index (χ4v) is 0.692. The second-order valence-corrected chi connectivity index (χ2v) is 2.18. The summed E-state index contributed by atoms with van der Waals surface area (Å²) in [6, 6.07) is 3.97. The highest BCUT2D eigenvalue weighted by molar-refractivity contribution is 5.15. The summed E-state index contributed by atoms with van der Waals surface area (Å²) < 4.78 is 0. The second kappa shape index (κ2) is 2.62. The molecule has 47 valence electrons. The fraction of sp³-hybridized carbons (Fsp3) is 0.250. The molecule has 0 amide bonds. The van der Waals surface area contributed by atoms with Crippen molar-refractivity contribution in [1.29, 1.82) is 0 Å². The van der Waals surface area contributed by atoms with E-state index in [1.54, 1.807) is 12.4 Å². The molecule has 0 aliphatic heterocycles. The number of hydrogen-bond donors (Lipinski definition) is 0. The van der Waals surface area contributed by atoms with Crippen LogP contribution in [0.3, 0.4) is 0 Å². The van der Waals surface area contributed by atoms with Crippen molar-refractivity contribution in [1.82, 2.24) is 4.98 Å². The Morgan fingerprint density at radius 2 is 2.00 bits per heavy atom. The average Bonchev–Trinajstić information content (AvgIpc) is 1.90. The van der Waals surface area contributed by atoms with Gasteiger partial charge in [0.05, 0.1) is 0 Å². The Morgan fingerprint density at radius 1 is 1.44 bits per heavy atom. The van der Waals surface area contributed by atoms with Gasteiger partial charge in [0.1, 0.15) is 0 Å². The summed E-state index contributed by atoms with van der Waals surface area (Å²) in [5, 5.41) is 0. The zero-order valence-electron chi connectivity index (χ0n) is 5.54. The summed E-state index contributed by atoms with van der Waals surface area (Å²) in [6.45, 7) is 5.95. The lowest BCUT2D eigenvalue weighted by Crippen LogP contribution is -1.85. The van der Waals surface area contributed by atoms with Crippen molar-refractivity contribution in [3.8, 4) is 0 Å². The van der Waals surface area contributed by atoms with E-state index >= 15 is 0 Å². The lowest BCUT2D eigenvalue weighted by molar-refractivity contribution is 0.957. The number of rotatable bonds is 1. The van der Waals surface area contributed by atoms with Crippen molar-refractivity contribution < 1.29 is 0 Å². The van der Waals surface area contributed by atoms with Crippen LogP contribution in [0.1, 0.15) is 18.4 Å². The molecule has 0 aliphatic carbocycles. The molecule has 0 fully saturated rings. The van der Waals surface area contributed by atoms with Gasteiger partial charge in [-0.15, -0.1) is 0 Å². The molecule has 0 spiro atoms. The minimum Gasteiger partial charge on any atom is -0.265 e. The van der Waals surface area contributed by atoms with Crippen molar-refractivity contribution in [2.45, 2.75) is 12.8 Å². The van der Waals surface area contributed by atoms with Gasteiger partial charge in [0.15, 0.2) is 0 Å². The van der Waals surface area contributed by atoms with E-state index in [4.69, 9.17) is 0 Å². The maximum Gasteiger partial charge on any atom is 0.0270 e. The molecule has 1 radical (unpaired) electrons. The van der Waals surface area contributed by atoms with E-state index in [0.29, 0.717) is 5.92 Å². The SMILES string of the molecule is [CH2]C(C)c1ccncc1. The van der Waals surface area contributed by atoms with Crippen LogP contribution in [0.4, 0.5) is 0 Å². The predicted molar refractivity (Wildman–Crippen MR) is 38.0 cm³/mol. The maximum atomic E-state index is 3.90. The largest absolute Gasteiger partial charge is 0.265 e. The number of aromatic nitrogens is 1. The van der Waals surface area contributed by atoms with E-state index in [1.807, 2.05) is 12.1 Å². The van der Waals surface area contributed by atoms with Gasteiger partial charge in [-0.05, 0) is 30.5 Å². The fourth-order valence-electron chi connectivity index (χ4n) is 0.692. The standard InChI is InChI=1S/C8H10N/c1-7(2)8-3-5-9-6-4-8/h3-7H,1H2,2H3. The van der Waals surface area contributed by atoms with Crippen LogP contribution in [-0.4, -0.2) is 4.98 Å². The lowest BCUT2D eigenvalue weighted by Gasteiger charge is -2.00. The van der Waals surface area contributed by atoms with Crippen molar-refractivity contribution in [3.05, 3.63) is 37.0 Å². The Labute approximate surface area is 55.7 Å². The smallest absolute Gasteiger partial charge is 0.0270 e. The molecule has 1 nitrogen and oxygen atoms in total. The molecule has 0 N–H and O–H groups in total.